The van der Waals surface area contributed by atoms with Crippen LogP contribution in [0.25, 0.3) is 0 Å². The monoisotopic (exact) mass is 500 g/mol. The van der Waals surface area contributed by atoms with E-state index in [1.54, 1.807) is 0 Å². The van der Waals surface area contributed by atoms with Crippen LogP contribution in [0.3, 0.4) is 0 Å². The Hall–Kier alpha value is -2.32. The highest BCUT2D eigenvalue weighted by molar-refractivity contribution is 6.34. The number of nitrogens with zero attached hydrogens (tertiary/aromatic N) is 5. The standard InChI is InChI=1S/C26H37ClN6O2/c1-25(2,3)33-16-14-31(15-17-33)20-7-5-6-19(27)21(20)28-24(34)32-12-10-26(4,11-13-32)23-29-22(35-30-23)18-8-9-18/h5-7,18H,8-17H2,1-4H3,(H,28,34). The number of halogens is 1. The van der Waals surface area contributed by atoms with E-state index in [1.807, 2.05) is 17.0 Å². The van der Waals surface area contributed by atoms with Gasteiger partial charge in [-0.25, -0.2) is 4.79 Å². The number of carbonyl (C=O) groups is 1. The number of hydrogen-bond acceptors (Lipinski definition) is 6. The van der Waals surface area contributed by atoms with Crippen LogP contribution in [0.15, 0.2) is 22.7 Å². The number of carbonyl (C=O) groups excluding carboxylic acids is 1. The summed E-state index contributed by atoms with van der Waals surface area (Å²) < 4.78 is 5.49. The Balaban J connectivity index is 1.23. The maximum absolute atomic E-state index is 13.3. The average Bonchev–Trinajstić information content (AvgIpc) is 3.56. The van der Waals surface area contributed by atoms with E-state index in [9.17, 15) is 4.79 Å². The number of rotatable bonds is 4. The lowest BCUT2D eigenvalue weighted by Gasteiger charge is -2.43. The minimum Gasteiger partial charge on any atom is -0.367 e. The molecule has 2 aromatic rings. The summed E-state index contributed by atoms with van der Waals surface area (Å²) in [7, 11) is 0. The molecule has 190 valence electrons. The molecule has 2 aliphatic heterocycles. The molecule has 0 unspecified atom stereocenters. The minimum atomic E-state index is -0.171. The number of urea groups is 1. The molecule has 35 heavy (non-hydrogen) atoms. The van der Waals surface area contributed by atoms with E-state index in [1.165, 1.54) is 0 Å². The molecule has 9 heteroatoms. The zero-order valence-corrected chi connectivity index (χ0v) is 22.1. The van der Waals surface area contributed by atoms with Crippen LogP contribution in [0, 0.1) is 0 Å². The van der Waals surface area contributed by atoms with E-state index in [-0.39, 0.29) is 17.0 Å². The Bertz CT molecular complexity index is 1060. The lowest BCUT2D eigenvalue weighted by molar-refractivity contribution is 0.128. The van der Waals surface area contributed by atoms with Crippen molar-refractivity contribution in [3.8, 4) is 0 Å². The molecule has 0 atom stereocenters. The highest BCUT2D eigenvalue weighted by Gasteiger charge is 2.39. The molecule has 1 aromatic carbocycles. The third-order valence-corrected chi connectivity index (χ3v) is 8.17. The number of aromatic nitrogens is 2. The van der Waals surface area contributed by atoms with Crippen molar-refractivity contribution in [1.29, 1.82) is 0 Å². The summed E-state index contributed by atoms with van der Waals surface area (Å²) in [5.41, 5.74) is 1.67. The van der Waals surface area contributed by atoms with Crippen molar-refractivity contribution in [2.24, 2.45) is 0 Å². The predicted molar refractivity (Wildman–Crippen MR) is 138 cm³/mol. The Kier molecular flexibility index (Phi) is 6.46. The maximum Gasteiger partial charge on any atom is 0.321 e. The zero-order chi connectivity index (χ0) is 24.8. The third-order valence-electron chi connectivity index (χ3n) is 7.85. The number of anilines is 2. The van der Waals surface area contributed by atoms with Gasteiger partial charge in [-0.2, -0.15) is 4.98 Å². The van der Waals surface area contributed by atoms with Crippen molar-refractivity contribution in [3.63, 3.8) is 0 Å². The van der Waals surface area contributed by atoms with Gasteiger partial charge < -0.3 is 19.6 Å². The Morgan fingerprint density at radius 2 is 1.80 bits per heavy atom. The summed E-state index contributed by atoms with van der Waals surface area (Å²) in [4.78, 5) is 24.6. The molecule has 1 aliphatic carbocycles. The summed E-state index contributed by atoms with van der Waals surface area (Å²) in [6.45, 7) is 14.0. The number of benzene rings is 1. The average molecular weight is 501 g/mol. The van der Waals surface area contributed by atoms with Crippen LogP contribution < -0.4 is 10.2 Å². The number of piperidine rings is 1. The van der Waals surface area contributed by atoms with Crippen molar-refractivity contribution in [2.45, 2.75) is 70.3 Å². The number of hydrogen-bond donors (Lipinski definition) is 1. The fourth-order valence-electron chi connectivity index (χ4n) is 5.11. The topological polar surface area (TPSA) is 77.7 Å². The van der Waals surface area contributed by atoms with Crippen molar-refractivity contribution >= 4 is 29.0 Å². The van der Waals surface area contributed by atoms with Gasteiger partial charge in [0.2, 0.25) is 5.89 Å². The molecule has 2 amide bonds. The minimum absolute atomic E-state index is 0.110. The number of nitrogens with one attached hydrogen (secondary N) is 1. The summed E-state index contributed by atoms with van der Waals surface area (Å²) in [5, 5.41) is 7.97. The van der Waals surface area contributed by atoms with E-state index in [0.717, 1.165) is 69.3 Å². The van der Waals surface area contributed by atoms with E-state index >= 15 is 0 Å². The molecule has 3 aliphatic rings. The normalized spacial score (nSPS) is 21.3. The number of piperazine rings is 1. The van der Waals surface area contributed by atoms with Gasteiger partial charge in [0.1, 0.15) is 0 Å². The molecule has 1 N–H and O–H groups in total. The van der Waals surface area contributed by atoms with E-state index < -0.39 is 0 Å². The van der Waals surface area contributed by atoms with Crippen LogP contribution in [0.2, 0.25) is 5.02 Å². The van der Waals surface area contributed by atoms with Gasteiger partial charge in [-0.05, 0) is 58.6 Å². The number of likely N-dealkylation sites (tertiary alicyclic amines) is 1. The lowest BCUT2D eigenvalue weighted by atomic mass is 9.80. The molecule has 5 rings (SSSR count). The first-order chi connectivity index (χ1) is 16.6. The highest BCUT2D eigenvalue weighted by atomic mass is 35.5. The molecule has 0 radical (unpaired) electrons. The second-order valence-corrected chi connectivity index (χ2v) is 11.9. The second kappa shape index (κ2) is 9.28. The van der Waals surface area contributed by atoms with Crippen LogP contribution in [0.4, 0.5) is 16.2 Å². The summed E-state index contributed by atoms with van der Waals surface area (Å²) in [5.74, 6) is 2.00. The molecular weight excluding hydrogens is 464 g/mol. The fraction of sp³-hybridized carbons (Fsp3) is 0.654. The van der Waals surface area contributed by atoms with Gasteiger partial charge in [0.15, 0.2) is 5.82 Å². The third kappa shape index (κ3) is 5.14. The van der Waals surface area contributed by atoms with Gasteiger partial charge in [-0.15, -0.1) is 0 Å². The maximum atomic E-state index is 13.3. The van der Waals surface area contributed by atoms with Crippen molar-refractivity contribution in [1.82, 2.24) is 19.9 Å². The van der Waals surface area contributed by atoms with E-state index in [4.69, 9.17) is 16.1 Å². The molecular formula is C26H37ClN6O2. The van der Waals surface area contributed by atoms with Crippen LogP contribution in [0.1, 0.15) is 71.0 Å². The van der Waals surface area contributed by atoms with Gasteiger partial charge in [0, 0.05) is 56.1 Å². The Labute approximate surface area is 213 Å². The summed E-state index contributed by atoms with van der Waals surface area (Å²) in [6.07, 6.45) is 3.88. The molecule has 0 spiro atoms. The van der Waals surface area contributed by atoms with Crippen molar-refractivity contribution in [3.05, 3.63) is 34.9 Å². The summed E-state index contributed by atoms with van der Waals surface area (Å²) >= 11 is 6.59. The van der Waals surface area contributed by atoms with Crippen molar-refractivity contribution < 1.29 is 9.32 Å². The van der Waals surface area contributed by atoms with Gasteiger partial charge in [-0.1, -0.05) is 29.7 Å². The quantitative estimate of drug-likeness (QED) is 0.628. The Morgan fingerprint density at radius 3 is 2.43 bits per heavy atom. The lowest BCUT2D eigenvalue weighted by Crippen LogP contribution is -2.53. The largest absolute Gasteiger partial charge is 0.367 e. The molecule has 8 nitrogen and oxygen atoms in total. The molecule has 1 aromatic heterocycles. The first kappa shape index (κ1) is 24.4. The van der Waals surface area contributed by atoms with E-state index in [0.29, 0.717) is 29.7 Å². The first-order valence-electron chi connectivity index (χ1n) is 12.8. The highest BCUT2D eigenvalue weighted by Crippen LogP contribution is 2.41. The molecule has 1 saturated carbocycles. The number of para-hydroxylation sites is 1. The molecule has 3 fully saturated rings. The van der Waals surface area contributed by atoms with Gasteiger partial charge in [0.25, 0.3) is 0 Å². The van der Waals surface area contributed by atoms with Crippen molar-refractivity contribution in [2.75, 3.05) is 49.5 Å². The molecule has 3 heterocycles. The van der Waals surface area contributed by atoms with Crippen LogP contribution >= 0.6 is 11.6 Å². The van der Waals surface area contributed by atoms with Gasteiger partial charge in [0.05, 0.1) is 16.4 Å². The number of amides is 2. The SMILES string of the molecule is CC1(c2noc(C3CC3)n2)CCN(C(=O)Nc2c(Cl)cccc2N2CCN(C(C)(C)C)CC2)CC1. The smallest absolute Gasteiger partial charge is 0.321 e. The molecule has 0 bridgehead atoms. The van der Waals surface area contributed by atoms with Gasteiger partial charge >= 0.3 is 6.03 Å². The van der Waals surface area contributed by atoms with Crippen LogP contribution in [0.5, 0.6) is 0 Å². The summed E-state index contributed by atoms with van der Waals surface area (Å²) in [6, 6.07) is 5.74. The van der Waals surface area contributed by atoms with E-state index in [2.05, 4.69) is 59.0 Å². The fourth-order valence-corrected chi connectivity index (χ4v) is 5.32. The van der Waals surface area contributed by atoms with Gasteiger partial charge in [-0.3, -0.25) is 4.90 Å². The predicted octanol–water partition coefficient (Wildman–Crippen LogP) is 5.11. The first-order valence-corrected chi connectivity index (χ1v) is 13.2. The zero-order valence-electron chi connectivity index (χ0n) is 21.3. The Morgan fingerprint density at radius 1 is 1.11 bits per heavy atom. The van der Waals surface area contributed by atoms with Crippen LogP contribution in [-0.2, 0) is 5.41 Å². The van der Waals surface area contributed by atoms with Crippen LogP contribution in [-0.4, -0.2) is 70.8 Å². The second-order valence-electron chi connectivity index (χ2n) is 11.5. The molecule has 2 saturated heterocycles.